The molecule has 0 unspecified atom stereocenters. The first-order valence-corrected chi connectivity index (χ1v) is 13.5. The Morgan fingerprint density at radius 1 is 1.09 bits per heavy atom. The predicted molar refractivity (Wildman–Crippen MR) is 131 cm³/mol. The van der Waals surface area contributed by atoms with Crippen molar-refractivity contribution >= 4 is 59.6 Å². The highest BCUT2D eigenvalue weighted by Gasteiger charge is 2.25. The highest BCUT2D eigenvalue weighted by atomic mass is 32.2. The van der Waals surface area contributed by atoms with Gasteiger partial charge in [0.25, 0.3) is 5.91 Å². The molecule has 0 fully saturated rings. The number of sulfone groups is 1. The zero-order chi connectivity index (χ0) is 23.8. The number of fused-ring (bicyclic) bond motifs is 1. The highest BCUT2D eigenvalue weighted by molar-refractivity contribution is 7.90. The molecule has 7 nitrogen and oxygen atoms in total. The number of anilines is 1. The molecule has 0 saturated heterocycles. The molecule has 10 heteroatoms. The summed E-state index contributed by atoms with van der Waals surface area (Å²) in [5, 5.41) is 3.97. The first-order valence-electron chi connectivity index (χ1n) is 9.97. The van der Waals surface area contributed by atoms with Crippen molar-refractivity contribution in [1.29, 1.82) is 0 Å². The van der Waals surface area contributed by atoms with Crippen LogP contribution in [0.2, 0.25) is 0 Å². The van der Waals surface area contributed by atoms with E-state index in [1.54, 1.807) is 13.8 Å². The van der Waals surface area contributed by atoms with E-state index in [-0.39, 0.29) is 17.1 Å². The Bertz CT molecular complexity index is 1450. The number of thiazole rings is 1. The lowest BCUT2D eigenvalue weighted by Crippen LogP contribution is -2.12. The van der Waals surface area contributed by atoms with Crippen LogP contribution in [0.25, 0.3) is 20.8 Å². The maximum atomic E-state index is 13.0. The summed E-state index contributed by atoms with van der Waals surface area (Å²) >= 11 is 2.57. The van der Waals surface area contributed by atoms with Gasteiger partial charge in [-0.25, -0.2) is 18.2 Å². The number of benzene rings is 2. The van der Waals surface area contributed by atoms with Crippen LogP contribution < -0.4 is 5.32 Å². The molecule has 1 N–H and O–H groups in total. The fraction of sp³-hybridized carbons (Fsp3) is 0.174. The smallest absolute Gasteiger partial charge is 0.348 e. The number of para-hydroxylation sites is 1. The van der Waals surface area contributed by atoms with Gasteiger partial charge in [-0.3, -0.25) is 4.79 Å². The summed E-state index contributed by atoms with van der Waals surface area (Å²) in [5.74, 6) is -0.957. The van der Waals surface area contributed by atoms with Gasteiger partial charge < -0.3 is 10.1 Å². The first kappa shape index (κ1) is 23.1. The lowest BCUT2D eigenvalue weighted by Gasteiger charge is -2.07. The number of carbonyl (C=O) groups excluding carboxylic acids is 2. The Kier molecular flexibility index (Phi) is 6.33. The SMILES string of the molecule is CCOC(=O)c1sc(NC(=O)c2cccc(S(C)(=O)=O)c2)c(-c2nc3ccccc3s2)c1C. The third-order valence-electron chi connectivity index (χ3n) is 4.87. The molecule has 0 aliphatic rings. The number of aromatic nitrogens is 1. The number of nitrogens with zero attached hydrogens (tertiary/aromatic N) is 1. The van der Waals surface area contributed by atoms with Crippen molar-refractivity contribution in [1.82, 2.24) is 4.98 Å². The second-order valence-corrected chi connectivity index (χ2v) is 11.3. The molecule has 0 bridgehead atoms. The number of carbonyl (C=O) groups is 2. The molecule has 2 aromatic heterocycles. The summed E-state index contributed by atoms with van der Waals surface area (Å²) in [7, 11) is -3.46. The fourth-order valence-corrected chi connectivity index (χ4v) is 6.18. The second kappa shape index (κ2) is 9.05. The molecule has 2 heterocycles. The summed E-state index contributed by atoms with van der Waals surface area (Å²) in [6.07, 6.45) is 1.09. The van der Waals surface area contributed by atoms with Gasteiger partial charge in [0.2, 0.25) is 0 Å². The zero-order valence-corrected chi connectivity index (χ0v) is 20.5. The summed E-state index contributed by atoms with van der Waals surface area (Å²) < 4.78 is 29.9. The number of nitrogens with one attached hydrogen (secondary N) is 1. The normalized spacial score (nSPS) is 11.5. The number of ether oxygens (including phenoxy) is 1. The molecule has 0 aliphatic heterocycles. The van der Waals surface area contributed by atoms with Crippen LogP contribution in [0.3, 0.4) is 0 Å². The Morgan fingerprint density at radius 3 is 2.55 bits per heavy atom. The van der Waals surface area contributed by atoms with Gasteiger partial charge in [-0.05, 0) is 49.7 Å². The minimum absolute atomic E-state index is 0.0520. The van der Waals surface area contributed by atoms with Crippen LogP contribution in [0.4, 0.5) is 5.00 Å². The van der Waals surface area contributed by atoms with Gasteiger partial charge in [-0.15, -0.1) is 22.7 Å². The molecule has 0 radical (unpaired) electrons. The maximum absolute atomic E-state index is 13.0. The van der Waals surface area contributed by atoms with Gasteiger partial charge in [0.15, 0.2) is 9.84 Å². The van der Waals surface area contributed by atoms with Gasteiger partial charge >= 0.3 is 5.97 Å². The monoisotopic (exact) mass is 500 g/mol. The predicted octanol–water partition coefficient (Wildman–Crippen LogP) is 5.17. The average Bonchev–Trinajstić information content (AvgIpc) is 3.33. The Labute approximate surface area is 199 Å². The number of rotatable bonds is 6. The van der Waals surface area contributed by atoms with Crippen LogP contribution in [0, 0.1) is 6.92 Å². The van der Waals surface area contributed by atoms with Crippen LogP contribution in [-0.4, -0.2) is 38.1 Å². The van der Waals surface area contributed by atoms with Crippen molar-refractivity contribution in [3.63, 3.8) is 0 Å². The molecule has 0 spiro atoms. The van der Waals surface area contributed by atoms with Crippen LogP contribution >= 0.6 is 22.7 Å². The third kappa shape index (κ3) is 4.68. The maximum Gasteiger partial charge on any atom is 0.348 e. The van der Waals surface area contributed by atoms with Gasteiger partial charge in [-0.1, -0.05) is 18.2 Å². The lowest BCUT2D eigenvalue weighted by atomic mass is 10.1. The van der Waals surface area contributed by atoms with E-state index in [2.05, 4.69) is 5.32 Å². The largest absolute Gasteiger partial charge is 0.462 e. The van der Waals surface area contributed by atoms with Crippen LogP contribution in [0.15, 0.2) is 53.4 Å². The molecular weight excluding hydrogens is 480 g/mol. The molecule has 33 heavy (non-hydrogen) atoms. The second-order valence-electron chi connectivity index (χ2n) is 7.22. The average molecular weight is 501 g/mol. The number of hydrogen-bond acceptors (Lipinski definition) is 8. The van der Waals surface area contributed by atoms with E-state index in [4.69, 9.17) is 9.72 Å². The van der Waals surface area contributed by atoms with Gasteiger partial charge in [-0.2, -0.15) is 0 Å². The van der Waals surface area contributed by atoms with Crippen molar-refractivity contribution in [3.8, 4) is 10.6 Å². The first-order chi connectivity index (χ1) is 15.7. The van der Waals surface area contributed by atoms with Gasteiger partial charge in [0.05, 0.1) is 21.7 Å². The summed E-state index contributed by atoms with van der Waals surface area (Å²) in [4.78, 5) is 30.7. The van der Waals surface area contributed by atoms with Crippen LogP contribution in [-0.2, 0) is 14.6 Å². The standard InChI is InChI=1S/C23H20N2O5S3/c1-4-30-23(27)19-13(2)18(21-24-16-10-5-6-11-17(16)31-21)22(32-19)25-20(26)14-8-7-9-15(12-14)33(3,28)29/h5-12H,4H2,1-3H3,(H,25,26). The van der Waals surface area contributed by atoms with E-state index in [1.807, 2.05) is 24.3 Å². The quantitative estimate of drug-likeness (QED) is 0.367. The van der Waals surface area contributed by atoms with Crippen molar-refractivity contribution in [3.05, 3.63) is 64.5 Å². The summed E-state index contributed by atoms with van der Waals surface area (Å²) in [5.41, 5.74) is 2.32. The van der Waals surface area contributed by atoms with E-state index >= 15 is 0 Å². The Morgan fingerprint density at radius 2 is 1.85 bits per heavy atom. The van der Waals surface area contributed by atoms with Crippen LogP contribution in [0.1, 0.15) is 32.5 Å². The van der Waals surface area contributed by atoms with Crippen molar-refractivity contribution in [2.45, 2.75) is 18.7 Å². The molecule has 0 saturated carbocycles. The molecule has 0 aliphatic carbocycles. The number of amides is 1. The Balaban J connectivity index is 1.79. The number of esters is 1. The number of hydrogen-bond donors (Lipinski definition) is 1. The Hall–Kier alpha value is -3.08. The molecular formula is C23H20N2O5S3. The van der Waals surface area contributed by atoms with E-state index < -0.39 is 21.7 Å². The minimum atomic E-state index is -3.46. The summed E-state index contributed by atoms with van der Waals surface area (Å²) in [6.45, 7) is 3.75. The van der Waals surface area contributed by atoms with Crippen molar-refractivity contribution < 1.29 is 22.7 Å². The van der Waals surface area contributed by atoms with Crippen molar-refractivity contribution in [2.24, 2.45) is 0 Å². The molecule has 4 rings (SSSR count). The van der Waals surface area contributed by atoms with Gasteiger partial charge in [0, 0.05) is 17.4 Å². The fourth-order valence-electron chi connectivity index (χ4n) is 3.27. The molecule has 4 aromatic rings. The molecule has 0 atom stereocenters. The van der Waals surface area contributed by atoms with E-state index in [0.29, 0.717) is 26.0 Å². The van der Waals surface area contributed by atoms with Gasteiger partial charge in [0.1, 0.15) is 14.9 Å². The van der Waals surface area contributed by atoms with E-state index in [1.165, 1.54) is 35.6 Å². The molecule has 1 amide bonds. The molecule has 170 valence electrons. The topological polar surface area (TPSA) is 102 Å². The molecule has 2 aromatic carbocycles. The zero-order valence-electron chi connectivity index (χ0n) is 18.0. The lowest BCUT2D eigenvalue weighted by molar-refractivity contribution is 0.0531. The van der Waals surface area contributed by atoms with E-state index in [0.717, 1.165) is 27.8 Å². The minimum Gasteiger partial charge on any atom is -0.462 e. The van der Waals surface area contributed by atoms with Crippen LogP contribution in [0.5, 0.6) is 0 Å². The van der Waals surface area contributed by atoms with Crippen molar-refractivity contribution in [2.75, 3.05) is 18.2 Å². The van der Waals surface area contributed by atoms with E-state index in [9.17, 15) is 18.0 Å². The third-order valence-corrected chi connectivity index (χ3v) is 8.22. The number of thiophene rings is 1. The highest BCUT2D eigenvalue weighted by Crippen LogP contribution is 2.43. The summed E-state index contributed by atoms with van der Waals surface area (Å²) in [6, 6.07) is 13.5.